The van der Waals surface area contributed by atoms with Gasteiger partial charge in [-0.2, -0.15) is 0 Å². The van der Waals surface area contributed by atoms with Gasteiger partial charge >= 0.3 is 0 Å². The topological polar surface area (TPSA) is 59.7 Å². The minimum atomic E-state index is -0.202. The number of ether oxygens (including phenoxy) is 1. The highest BCUT2D eigenvalue weighted by Gasteiger charge is 2.13. The second kappa shape index (κ2) is 4.74. The van der Waals surface area contributed by atoms with E-state index in [2.05, 4.69) is 0 Å². The van der Waals surface area contributed by atoms with Gasteiger partial charge in [-0.25, -0.2) is 0 Å². The Morgan fingerprint density at radius 3 is 2.60 bits per heavy atom. The number of fused-ring (bicyclic) bond motifs is 1. The molecule has 1 aromatic heterocycles. The van der Waals surface area contributed by atoms with Crippen LogP contribution < -0.4 is 10.2 Å². The van der Waals surface area contributed by atoms with E-state index in [1.807, 2.05) is 30.3 Å². The van der Waals surface area contributed by atoms with Crippen molar-refractivity contribution in [3.05, 3.63) is 59.0 Å². The zero-order chi connectivity index (χ0) is 14.1. The fourth-order valence-electron chi connectivity index (χ4n) is 2.13. The van der Waals surface area contributed by atoms with Crippen molar-refractivity contribution in [2.24, 2.45) is 0 Å². The van der Waals surface area contributed by atoms with Crippen molar-refractivity contribution < 1.29 is 14.3 Å². The highest BCUT2D eigenvalue weighted by atomic mass is 16.5. The van der Waals surface area contributed by atoms with E-state index < -0.39 is 0 Å². The van der Waals surface area contributed by atoms with Crippen LogP contribution in [0.1, 0.15) is 0 Å². The summed E-state index contributed by atoms with van der Waals surface area (Å²) in [5.74, 6) is 0.295. The summed E-state index contributed by atoms with van der Waals surface area (Å²) >= 11 is 0. The molecular weight excluding hydrogens is 256 g/mol. The fraction of sp³-hybridized carbons (Fsp3) is 0.0625. The molecule has 0 saturated heterocycles. The normalized spacial score (nSPS) is 10.7. The molecule has 0 radical (unpaired) electrons. The van der Waals surface area contributed by atoms with Crippen LogP contribution in [0.3, 0.4) is 0 Å². The summed E-state index contributed by atoms with van der Waals surface area (Å²) in [4.78, 5) is 12.5. The van der Waals surface area contributed by atoms with Gasteiger partial charge in [0.15, 0.2) is 11.3 Å². The zero-order valence-electron chi connectivity index (χ0n) is 10.8. The average Bonchev–Trinajstić information content (AvgIpc) is 2.49. The highest BCUT2D eigenvalue weighted by molar-refractivity contribution is 5.87. The third-order valence-electron chi connectivity index (χ3n) is 3.15. The van der Waals surface area contributed by atoms with E-state index in [9.17, 15) is 9.90 Å². The first-order valence-electron chi connectivity index (χ1n) is 6.08. The third kappa shape index (κ3) is 1.91. The van der Waals surface area contributed by atoms with E-state index in [0.717, 1.165) is 5.56 Å². The Bertz CT molecular complexity index is 819. The van der Waals surface area contributed by atoms with Crippen LogP contribution in [0, 0.1) is 0 Å². The van der Waals surface area contributed by atoms with E-state index in [-0.39, 0.29) is 16.8 Å². The van der Waals surface area contributed by atoms with Crippen LogP contribution in [-0.4, -0.2) is 12.2 Å². The number of hydrogen-bond donors (Lipinski definition) is 1. The summed E-state index contributed by atoms with van der Waals surface area (Å²) in [6.45, 7) is 0. The van der Waals surface area contributed by atoms with Crippen molar-refractivity contribution in [1.29, 1.82) is 0 Å². The lowest BCUT2D eigenvalue weighted by Gasteiger charge is -2.06. The van der Waals surface area contributed by atoms with Crippen LogP contribution >= 0.6 is 0 Å². The molecule has 4 heteroatoms. The minimum Gasteiger partial charge on any atom is -0.504 e. The Morgan fingerprint density at radius 1 is 1.15 bits per heavy atom. The summed E-state index contributed by atoms with van der Waals surface area (Å²) in [7, 11) is 1.48. The molecule has 100 valence electrons. The van der Waals surface area contributed by atoms with Crippen LogP contribution in [0.25, 0.3) is 22.1 Å². The third-order valence-corrected chi connectivity index (χ3v) is 3.15. The van der Waals surface area contributed by atoms with Gasteiger partial charge in [0.25, 0.3) is 0 Å². The van der Waals surface area contributed by atoms with Gasteiger partial charge in [0.1, 0.15) is 12.0 Å². The van der Waals surface area contributed by atoms with Crippen LogP contribution in [-0.2, 0) is 0 Å². The van der Waals surface area contributed by atoms with E-state index in [1.165, 1.54) is 19.4 Å². The molecule has 0 saturated carbocycles. The SMILES string of the molecule is COc1cc(O)c2occ(-c3ccccc3)c(=O)c2c1. The van der Waals surface area contributed by atoms with Crippen LogP contribution in [0.5, 0.6) is 11.5 Å². The molecule has 0 unspecified atom stereocenters. The molecule has 0 aliphatic carbocycles. The lowest BCUT2D eigenvalue weighted by Crippen LogP contribution is -2.05. The average molecular weight is 268 g/mol. The summed E-state index contributed by atoms with van der Waals surface area (Å²) in [6, 6.07) is 12.2. The smallest absolute Gasteiger partial charge is 0.200 e. The van der Waals surface area contributed by atoms with Gasteiger partial charge in [0.2, 0.25) is 5.43 Å². The van der Waals surface area contributed by atoms with Gasteiger partial charge in [-0.3, -0.25) is 4.79 Å². The van der Waals surface area contributed by atoms with E-state index in [1.54, 1.807) is 6.07 Å². The van der Waals surface area contributed by atoms with Gasteiger partial charge in [-0.05, 0) is 11.6 Å². The maximum atomic E-state index is 12.5. The molecule has 4 nitrogen and oxygen atoms in total. The van der Waals surface area contributed by atoms with Crippen LogP contribution in [0.4, 0.5) is 0 Å². The number of methoxy groups -OCH3 is 1. The first kappa shape index (κ1) is 12.3. The lowest BCUT2D eigenvalue weighted by molar-refractivity contribution is 0.407. The maximum absolute atomic E-state index is 12.5. The van der Waals surface area contributed by atoms with Crippen molar-refractivity contribution in [2.45, 2.75) is 0 Å². The van der Waals surface area contributed by atoms with Crippen molar-refractivity contribution in [1.82, 2.24) is 0 Å². The Hall–Kier alpha value is -2.75. The first-order valence-corrected chi connectivity index (χ1v) is 6.08. The predicted molar refractivity (Wildman–Crippen MR) is 76.1 cm³/mol. The Balaban J connectivity index is 2.33. The molecule has 3 rings (SSSR count). The number of aromatic hydroxyl groups is 1. The summed E-state index contributed by atoms with van der Waals surface area (Å²) in [5, 5.41) is 10.2. The molecule has 2 aromatic carbocycles. The number of phenols is 1. The predicted octanol–water partition coefficient (Wildman–Crippen LogP) is 3.17. The Morgan fingerprint density at radius 2 is 1.90 bits per heavy atom. The fourth-order valence-corrected chi connectivity index (χ4v) is 2.13. The molecule has 20 heavy (non-hydrogen) atoms. The second-order valence-electron chi connectivity index (χ2n) is 4.37. The molecular formula is C16H12O4. The second-order valence-corrected chi connectivity index (χ2v) is 4.37. The highest BCUT2D eigenvalue weighted by Crippen LogP contribution is 2.30. The van der Waals surface area contributed by atoms with Crippen LogP contribution in [0.2, 0.25) is 0 Å². The Labute approximate surface area is 114 Å². The van der Waals surface area contributed by atoms with Gasteiger partial charge in [-0.1, -0.05) is 30.3 Å². The maximum Gasteiger partial charge on any atom is 0.200 e. The quantitative estimate of drug-likeness (QED) is 0.775. The van der Waals surface area contributed by atoms with Crippen molar-refractivity contribution in [3.63, 3.8) is 0 Å². The Kier molecular flexibility index (Phi) is 2.91. The molecule has 1 N–H and O–H groups in total. The van der Waals surface area contributed by atoms with Crippen molar-refractivity contribution in [3.8, 4) is 22.6 Å². The molecule has 0 aliphatic heterocycles. The summed E-state index contributed by atoms with van der Waals surface area (Å²) < 4.78 is 10.5. The molecule has 0 amide bonds. The van der Waals surface area contributed by atoms with Crippen molar-refractivity contribution in [2.75, 3.05) is 7.11 Å². The van der Waals surface area contributed by atoms with Crippen molar-refractivity contribution >= 4 is 11.0 Å². The van der Waals surface area contributed by atoms with Gasteiger partial charge in [0, 0.05) is 6.07 Å². The molecule has 0 atom stereocenters. The monoisotopic (exact) mass is 268 g/mol. The number of benzene rings is 2. The number of phenolic OH excluding ortho intramolecular Hbond substituents is 1. The first-order chi connectivity index (χ1) is 9.70. The molecule has 0 fully saturated rings. The van der Waals surface area contributed by atoms with Gasteiger partial charge in [-0.15, -0.1) is 0 Å². The van der Waals surface area contributed by atoms with Gasteiger partial charge in [0.05, 0.1) is 18.1 Å². The number of hydrogen-bond acceptors (Lipinski definition) is 4. The van der Waals surface area contributed by atoms with Gasteiger partial charge < -0.3 is 14.3 Å². The van der Waals surface area contributed by atoms with E-state index >= 15 is 0 Å². The molecule has 1 heterocycles. The number of rotatable bonds is 2. The molecule has 3 aromatic rings. The lowest BCUT2D eigenvalue weighted by atomic mass is 10.1. The summed E-state index contributed by atoms with van der Waals surface area (Å²) in [5.41, 5.74) is 1.18. The van der Waals surface area contributed by atoms with Crippen LogP contribution in [0.15, 0.2) is 57.9 Å². The largest absolute Gasteiger partial charge is 0.504 e. The van der Waals surface area contributed by atoms with E-state index in [4.69, 9.17) is 9.15 Å². The standard InChI is InChI=1S/C16H12O4/c1-19-11-7-12-15(18)13(10-5-3-2-4-6-10)9-20-16(12)14(17)8-11/h2-9,17H,1H3. The zero-order valence-corrected chi connectivity index (χ0v) is 10.8. The molecule has 0 bridgehead atoms. The minimum absolute atomic E-state index is 0.115. The molecule has 0 aliphatic rings. The van der Waals surface area contributed by atoms with E-state index in [0.29, 0.717) is 16.7 Å². The molecule has 0 spiro atoms. The summed E-state index contributed by atoms with van der Waals surface area (Å²) in [6.07, 6.45) is 1.37.